The van der Waals surface area contributed by atoms with Crippen LogP contribution in [0, 0.1) is 5.82 Å². The summed E-state index contributed by atoms with van der Waals surface area (Å²) in [5.74, 6) is -1.55. The van der Waals surface area contributed by atoms with Crippen LogP contribution in [0.4, 0.5) is 4.39 Å². The first-order chi connectivity index (χ1) is 13.0. The molecule has 2 rings (SSSR count). The van der Waals surface area contributed by atoms with Crippen molar-refractivity contribution in [2.24, 2.45) is 0 Å². The van der Waals surface area contributed by atoms with Gasteiger partial charge in [0.05, 0.1) is 12.1 Å². The van der Waals surface area contributed by atoms with E-state index in [2.05, 4.69) is 41.5 Å². The molecular formula is C21H26FN3O2. The van der Waals surface area contributed by atoms with Crippen LogP contribution in [0.2, 0.25) is 0 Å². The van der Waals surface area contributed by atoms with E-state index in [-0.39, 0.29) is 18.0 Å². The van der Waals surface area contributed by atoms with E-state index in [9.17, 15) is 14.0 Å². The van der Waals surface area contributed by atoms with Crippen molar-refractivity contribution in [2.75, 3.05) is 19.6 Å². The van der Waals surface area contributed by atoms with Crippen LogP contribution in [-0.2, 0) is 17.9 Å². The molecule has 2 amide bonds. The molecule has 2 aromatic rings. The second-order valence-electron chi connectivity index (χ2n) is 6.22. The van der Waals surface area contributed by atoms with Crippen molar-refractivity contribution in [3.63, 3.8) is 0 Å². The Bertz CT molecular complexity index is 758. The van der Waals surface area contributed by atoms with Crippen LogP contribution in [0.25, 0.3) is 0 Å². The van der Waals surface area contributed by atoms with Crippen molar-refractivity contribution in [1.82, 2.24) is 15.5 Å². The van der Waals surface area contributed by atoms with Crippen LogP contribution in [0.5, 0.6) is 0 Å². The fourth-order valence-corrected chi connectivity index (χ4v) is 2.63. The van der Waals surface area contributed by atoms with Gasteiger partial charge in [-0.3, -0.25) is 14.5 Å². The Morgan fingerprint density at radius 2 is 1.56 bits per heavy atom. The maximum Gasteiger partial charge on any atom is 0.254 e. The molecule has 0 heterocycles. The molecule has 0 atom stereocenters. The second kappa shape index (κ2) is 10.4. The first-order valence-electron chi connectivity index (χ1n) is 9.13. The first kappa shape index (κ1) is 20.6. The molecule has 0 unspecified atom stereocenters. The van der Waals surface area contributed by atoms with Gasteiger partial charge in [0.2, 0.25) is 5.91 Å². The molecule has 0 spiro atoms. The summed E-state index contributed by atoms with van der Waals surface area (Å²) >= 11 is 0. The Kier molecular flexibility index (Phi) is 7.95. The average Bonchev–Trinajstić information content (AvgIpc) is 2.69. The van der Waals surface area contributed by atoms with Crippen LogP contribution >= 0.6 is 0 Å². The zero-order valence-corrected chi connectivity index (χ0v) is 15.8. The van der Waals surface area contributed by atoms with Gasteiger partial charge in [-0.05, 0) is 36.3 Å². The quantitative estimate of drug-likeness (QED) is 0.713. The Hall–Kier alpha value is -2.73. The van der Waals surface area contributed by atoms with Crippen molar-refractivity contribution in [1.29, 1.82) is 0 Å². The van der Waals surface area contributed by atoms with Gasteiger partial charge in [-0.25, -0.2) is 4.39 Å². The van der Waals surface area contributed by atoms with Crippen molar-refractivity contribution < 1.29 is 14.0 Å². The third-order valence-electron chi connectivity index (χ3n) is 4.34. The van der Waals surface area contributed by atoms with E-state index in [1.54, 1.807) is 6.07 Å². The minimum Gasteiger partial charge on any atom is -0.350 e. The highest BCUT2D eigenvalue weighted by Gasteiger charge is 2.11. The molecule has 0 radical (unpaired) electrons. The zero-order chi connectivity index (χ0) is 19.6. The topological polar surface area (TPSA) is 61.4 Å². The number of nitrogens with one attached hydrogen (secondary N) is 2. The lowest BCUT2D eigenvalue weighted by Crippen LogP contribution is -2.36. The molecule has 0 fully saturated rings. The number of carbonyl (C=O) groups is 2. The van der Waals surface area contributed by atoms with Crippen molar-refractivity contribution in [2.45, 2.75) is 26.9 Å². The summed E-state index contributed by atoms with van der Waals surface area (Å²) in [6.45, 7) is 7.37. The van der Waals surface area contributed by atoms with Gasteiger partial charge in [-0.1, -0.05) is 50.2 Å². The van der Waals surface area contributed by atoms with Crippen LogP contribution < -0.4 is 10.6 Å². The zero-order valence-electron chi connectivity index (χ0n) is 15.8. The van der Waals surface area contributed by atoms with E-state index in [1.807, 2.05) is 12.1 Å². The molecule has 0 saturated carbocycles. The molecule has 0 aliphatic rings. The third-order valence-corrected chi connectivity index (χ3v) is 4.34. The Morgan fingerprint density at radius 3 is 2.19 bits per heavy atom. The predicted octanol–water partition coefficient (Wildman–Crippen LogP) is 2.71. The highest BCUT2D eigenvalue weighted by Crippen LogP contribution is 2.08. The number of rotatable bonds is 9. The van der Waals surface area contributed by atoms with Crippen molar-refractivity contribution in [3.05, 3.63) is 71.0 Å². The predicted molar refractivity (Wildman–Crippen MR) is 104 cm³/mol. The standard InChI is InChI=1S/C21H26FN3O2/c1-3-25(4-2)15-17-11-9-16(10-12-17)13-23-20(26)14-24-21(27)18-7-5-6-8-19(18)22/h5-12H,3-4,13-15H2,1-2H3,(H,23,26)(H,24,27). The number of amides is 2. The first-order valence-corrected chi connectivity index (χ1v) is 9.13. The maximum atomic E-state index is 13.5. The van der Waals surface area contributed by atoms with Crippen molar-refractivity contribution >= 4 is 11.8 Å². The molecule has 2 aromatic carbocycles. The Labute approximate surface area is 159 Å². The molecule has 0 aliphatic heterocycles. The van der Waals surface area contributed by atoms with Crippen LogP contribution in [-0.4, -0.2) is 36.3 Å². The minimum atomic E-state index is -0.611. The number of halogens is 1. The molecule has 0 bridgehead atoms. The maximum absolute atomic E-state index is 13.5. The second-order valence-corrected chi connectivity index (χ2v) is 6.22. The van der Waals surface area contributed by atoms with Gasteiger partial charge < -0.3 is 10.6 Å². The smallest absolute Gasteiger partial charge is 0.254 e. The molecule has 2 N–H and O–H groups in total. The fourth-order valence-electron chi connectivity index (χ4n) is 2.63. The van der Waals surface area contributed by atoms with E-state index < -0.39 is 11.7 Å². The number of benzene rings is 2. The minimum absolute atomic E-state index is 0.0749. The lowest BCUT2D eigenvalue weighted by molar-refractivity contribution is -0.120. The molecule has 6 heteroatoms. The van der Waals surface area contributed by atoms with Crippen LogP contribution in [0.15, 0.2) is 48.5 Å². The van der Waals surface area contributed by atoms with E-state index in [4.69, 9.17) is 0 Å². The molecule has 0 saturated heterocycles. The molecule has 144 valence electrons. The largest absolute Gasteiger partial charge is 0.350 e. The number of hydrogen-bond donors (Lipinski definition) is 2. The van der Waals surface area contributed by atoms with Gasteiger partial charge in [0.15, 0.2) is 0 Å². The molecule has 0 aromatic heterocycles. The lowest BCUT2D eigenvalue weighted by atomic mass is 10.1. The summed E-state index contributed by atoms with van der Waals surface area (Å²) in [4.78, 5) is 26.1. The summed E-state index contributed by atoms with van der Waals surface area (Å²) in [5.41, 5.74) is 2.13. The fraction of sp³-hybridized carbons (Fsp3) is 0.333. The van der Waals surface area contributed by atoms with E-state index in [1.165, 1.54) is 23.8 Å². The number of carbonyl (C=O) groups excluding carboxylic acids is 2. The average molecular weight is 371 g/mol. The van der Waals surface area contributed by atoms with E-state index >= 15 is 0 Å². The summed E-state index contributed by atoms with van der Waals surface area (Å²) in [6.07, 6.45) is 0. The normalized spacial score (nSPS) is 10.7. The van der Waals surface area contributed by atoms with E-state index in [0.717, 1.165) is 25.2 Å². The summed E-state index contributed by atoms with van der Waals surface area (Å²) in [7, 11) is 0. The SMILES string of the molecule is CCN(CC)Cc1ccc(CNC(=O)CNC(=O)c2ccccc2F)cc1. The number of nitrogens with zero attached hydrogens (tertiary/aromatic N) is 1. The summed E-state index contributed by atoms with van der Waals surface area (Å²) < 4.78 is 13.5. The summed E-state index contributed by atoms with van der Waals surface area (Å²) in [5, 5.41) is 5.17. The van der Waals surface area contributed by atoms with Crippen LogP contribution in [0.1, 0.15) is 35.3 Å². The molecule has 27 heavy (non-hydrogen) atoms. The third kappa shape index (κ3) is 6.49. The Balaban J connectivity index is 1.77. The van der Waals surface area contributed by atoms with E-state index in [0.29, 0.717) is 6.54 Å². The van der Waals surface area contributed by atoms with Crippen molar-refractivity contribution in [3.8, 4) is 0 Å². The van der Waals surface area contributed by atoms with Gasteiger partial charge in [-0.15, -0.1) is 0 Å². The highest BCUT2D eigenvalue weighted by atomic mass is 19.1. The molecule has 0 aliphatic carbocycles. The van der Waals surface area contributed by atoms with Gasteiger partial charge >= 0.3 is 0 Å². The van der Waals surface area contributed by atoms with Gasteiger partial charge in [0.1, 0.15) is 5.82 Å². The number of hydrogen-bond acceptors (Lipinski definition) is 3. The Morgan fingerprint density at radius 1 is 0.926 bits per heavy atom. The summed E-state index contributed by atoms with van der Waals surface area (Å²) in [6, 6.07) is 13.7. The van der Waals surface area contributed by atoms with Gasteiger partial charge in [0, 0.05) is 13.1 Å². The lowest BCUT2D eigenvalue weighted by Gasteiger charge is -2.18. The highest BCUT2D eigenvalue weighted by molar-refractivity contribution is 5.96. The van der Waals surface area contributed by atoms with Gasteiger partial charge in [-0.2, -0.15) is 0 Å². The van der Waals surface area contributed by atoms with Gasteiger partial charge in [0.25, 0.3) is 5.91 Å². The monoisotopic (exact) mass is 371 g/mol. The molecule has 5 nitrogen and oxygen atoms in total. The molecular weight excluding hydrogens is 345 g/mol. The van der Waals surface area contributed by atoms with Crippen LogP contribution in [0.3, 0.4) is 0 Å².